The molecule has 5 nitrogen and oxygen atoms in total. The molecule has 1 heterocycles. The van der Waals surface area contributed by atoms with Gasteiger partial charge in [-0.15, -0.1) is 0 Å². The molecule has 0 saturated heterocycles. The van der Waals surface area contributed by atoms with E-state index in [1.54, 1.807) is 48.5 Å². The van der Waals surface area contributed by atoms with E-state index >= 15 is 0 Å². The maximum absolute atomic E-state index is 12.7. The first-order chi connectivity index (χ1) is 14.1. The molecule has 1 aromatic heterocycles. The number of carbonyl (C=O) groups is 1. The zero-order valence-electron chi connectivity index (χ0n) is 16.3. The molecule has 4 aromatic rings. The number of rotatable bonds is 5. The molecule has 1 amide bonds. The van der Waals surface area contributed by atoms with Crippen LogP contribution in [0.25, 0.3) is 21.9 Å². The summed E-state index contributed by atoms with van der Waals surface area (Å²) in [5, 5.41) is 3.89. The van der Waals surface area contributed by atoms with Crippen LogP contribution in [0.5, 0.6) is 5.75 Å². The van der Waals surface area contributed by atoms with Crippen LogP contribution in [0.1, 0.15) is 29.3 Å². The van der Waals surface area contributed by atoms with E-state index in [0.717, 1.165) is 17.7 Å². The summed E-state index contributed by atoms with van der Waals surface area (Å²) in [6, 6.07) is 17.6. The molecule has 0 unspecified atom stereocenters. The van der Waals surface area contributed by atoms with Crippen molar-refractivity contribution in [2.24, 2.45) is 0 Å². The van der Waals surface area contributed by atoms with Gasteiger partial charge in [-0.3, -0.25) is 9.59 Å². The first-order valence-electron chi connectivity index (χ1n) is 9.57. The summed E-state index contributed by atoms with van der Waals surface area (Å²) in [4.78, 5) is 25.3. The van der Waals surface area contributed by atoms with Crippen LogP contribution in [0.3, 0.4) is 0 Å². The summed E-state index contributed by atoms with van der Waals surface area (Å²) in [6.07, 6.45) is 0.926. The number of benzene rings is 3. The highest BCUT2D eigenvalue weighted by Crippen LogP contribution is 2.24. The largest absolute Gasteiger partial charge is 0.494 e. The van der Waals surface area contributed by atoms with Gasteiger partial charge >= 0.3 is 0 Å². The summed E-state index contributed by atoms with van der Waals surface area (Å²) in [5.41, 5.74) is 2.90. The molecular weight excluding hydrogens is 366 g/mol. The van der Waals surface area contributed by atoms with Crippen LogP contribution in [0.4, 0.5) is 5.69 Å². The predicted molar refractivity (Wildman–Crippen MR) is 115 cm³/mol. The topological polar surface area (TPSA) is 68.5 Å². The molecule has 0 aliphatic heterocycles. The second-order valence-electron chi connectivity index (χ2n) is 6.92. The lowest BCUT2D eigenvalue weighted by Gasteiger charge is -2.09. The Hall–Kier alpha value is -3.60. The van der Waals surface area contributed by atoms with Crippen LogP contribution >= 0.6 is 0 Å². The van der Waals surface area contributed by atoms with E-state index in [1.165, 1.54) is 0 Å². The average molecular weight is 387 g/mol. The van der Waals surface area contributed by atoms with Crippen molar-refractivity contribution < 1.29 is 13.9 Å². The molecule has 0 spiro atoms. The number of carbonyl (C=O) groups excluding carboxylic acids is 1. The smallest absolute Gasteiger partial charge is 0.255 e. The Kier molecular flexibility index (Phi) is 5.04. The molecular formula is C24H21NO4. The molecule has 3 aromatic carbocycles. The number of fused-ring (bicyclic) bond motifs is 2. The van der Waals surface area contributed by atoms with Gasteiger partial charge in [0.1, 0.15) is 16.9 Å². The Bertz CT molecular complexity index is 1260. The summed E-state index contributed by atoms with van der Waals surface area (Å²) in [6.45, 7) is 4.58. The van der Waals surface area contributed by atoms with E-state index in [1.807, 2.05) is 26.0 Å². The highest BCUT2D eigenvalue weighted by atomic mass is 16.5. The Labute approximate surface area is 167 Å². The van der Waals surface area contributed by atoms with E-state index < -0.39 is 0 Å². The first kappa shape index (κ1) is 18.7. The minimum absolute atomic E-state index is 0.0782. The molecule has 0 atom stereocenters. The number of para-hydroxylation sites is 1. The minimum Gasteiger partial charge on any atom is -0.494 e. The Balaban J connectivity index is 1.62. The second kappa shape index (κ2) is 7.80. The van der Waals surface area contributed by atoms with E-state index in [4.69, 9.17) is 9.15 Å². The van der Waals surface area contributed by atoms with Crippen molar-refractivity contribution in [3.63, 3.8) is 0 Å². The van der Waals surface area contributed by atoms with Gasteiger partial charge in [0.2, 0.25) is 5.43 Å². The molecule has 0 aliphatic rings. The highest BCUT2D eigenvalue weighted by molar-refractivity contribution is 6.05. The molecule has 0 saturated carbocycles. The van der Waals surface area contributed by atoms with Gasteiger partial charge < -0.3 is 14.5 Å². The monoisotopic (exact) mass is 387 g/mol. The van der Waals surface area contributed by atoms with Gasteiger partial charge in [0.25, 0.3) is 5.91 Å². The van der Waals surface area contributed by atoms with Crippen molar-refractivity contribution in [1.29, 1.82) is 0 Å². The number of nitrogens with one attached hydrogen (secondary N) is 1. The van der Waals surface area contributed by atoms with Gasteiger partial charge in [-0.2, -0.15) is 0 Å². The van der Waals surface area contributed by atoms with Crippen LogP contribution < -0.4 is 15.5 Å². The number of aryl methyl sites for hydroxylation is 1. The molecule has 1 N–H and O–H groups in total. The van der Waals surface area contributed by atoms with Gasteiger partial charge in [-0.25, -0.2) is 0 Å². The third kappa shape index (κ3) is 3.72. The standard InChI is InChI=1S/C24H21NO4/c1-3-13-28-18-10-7-16(8-11-18)24(27)25-17-9-12-19-21(14-17)29-23-15(2)5-4-6-20(23)22(19)26/h4-12,14H,3,13H2,1-2H3,(H,25,27). The van der Waals surface area contributed by atoms with Gasteiger partial charge in [0, 0.05) is 17.3 Å². The summed E-state index contributed by atoms with van der Waals surface area (Å²) in [7, 11) is 0. The van der Waals surface area contributed by atoms with Crippen molar-refractivity contribution in [1.82, 2.24) is 0 Å². The molecule has 0 bridgehead atoms. The fraction of sp³-hybridized carbons (Fsp3) is 0.167. The SMILES string of the molecule is CCCOc1ccc(C(=O)Nc2ccc3c(=O)c4cccc(C)c4oc3c2)cc1. The fourth-order valence-electron chi connectivity index (χ4n) is 3.22. The molecule has 29 heavy (non-hydrogen) atoms. The number of hydrogen-bond acceptors (Lipinski definition) is 4. The number of ether oxygens (including phenoxy) is 1. The zero-order valence-corrected chi connectivity index (χ0v) is 16.3. The first-order valence-corrected chi connectivity index (χ1v) is 9.57. The van der Waals surface area contributed by atoms with E-state index in [0.29, 0.717) is 39.8 Å². The quantitative estimate of drug-likeness (QED) is 0.472. The summed E-state index contributed by atoms with van der Waals surface area (Å²) >= 11 is 0. The van der Waals surface area contributed by atoms with Gasteiger partial charge in [0.05, 0.1) is 17.4 Å². The van der Waals surface area contributed by atoms with Crippen molar-refractivity contribution in [2.75, 3.05) is 11.9 Å². The van der Waals surface area contributed by atoms with Crippen molar-refractivity contribution in [2.45, 2.75) is 20.3 Å². The van der Waals surface area contributed by atoms with Crippen LogP contribution in [-0.4, -0.2) is 12.5 Å². The van der Waals surface area contributed by atoms with Crippen LogP contribution in [0, 0.1) is 6.92 Å². The Morgan fingerprint density at radius 2 is 1.83 bits per heavy atom. The third-order valence-corrected chi connectivity index (χ3v) is 4.74. The summed E-state index contributed by atoms with van der Waals surface area (Å²) in [5.74, 6) is 0.490. The average Bonchev–Trinajstić information content (AvgIpc) is 2.73. The fourth-order valence-corrected chi connectivity index (χ4v) is 3.22. The molecule has 5 heteroatoms. The molecule has 0 aliphatic carbocycles. The van der Waals surface area contributed by atoms with Crippen LogP contribution in [0.15, 0.2) is 69.9 Å². The molecule has 4 rings (SSSR count). The van der Waals surface area contributed by atoms with E-state index in [2.05, 4.69) is 5.32 Å². The lowest BCUT2D eigenvalue weighted by atomic mass is 10.1. The normalized spacial score (nSPS) is 11.0. The van der Waals surface area contributed by atoms with Gasteiger partial charge in [0.15, 0.2) is 0 Å². The predicted octanol–water partition coefficient (Wildman–Crippen LogP) is 5.30. The minimum atomic E-state index is -0.245. The van der Waals surface area contributed by atoms with Gasteiger partial charge in [-0.05, 0) is 61.4 Å². The van der Waals surface area contributed by atoms with E-state index in [-0.39, 0.29) is 11.3 Å². The highest BCUT2D eigenvalue weighted by Gasteiger charge is 2.12. The second-order valence-corrected chi connectivity index (χ2v) is 6.92. The van der Waals surface area contributed by atoms with Gasteiger partial charge in [-0.1, -0.05) is 19.1 Å². The van der Waals surface area contributed by atoms with Crippen molar-refractivity contribution >= 4 is 33.5 Å². The zero-order chi connectivity index (χ0) is 20.4. The van der Waals surface area contributed by atoms with Crippen LogP contribution in [0.2, 0.25) is 0 Å². The number of anilines is 1. The Morgan fingerprint density at radius 3 is 2.59 bits per heavy atom. The Morgan fingerprint density at radius 1 is 1.03 bits per heavy atom. The number of amides is 1. The van der Waals surface area contributed by atoms with Crippen molar-refractivity contribution in [3.8, 4) is 5.75 Å². The molecule has 146 valence electrons. The van der Waals surface area contributed by atoms with Crippen molar-refractivity contribution in [3.05, 3.63) is 82.0 Å². The van der Waals surface area contributed by atoms with E-state index in [9.17, 15) is 9.59 Å². The summed E-state index contributed by atoms with van der Waals surface area (Å²) < 4.78 is 11.5. The molecule has 0 fully saturated rings. The maximum Gasteiger partial charge on any atom is 0.255 e. The maximum atomic E-state index is 12.7. The lowest BCUT2D eigenvalue weighted by molar-refractivity contribution is 0.102. The number of hydrogen-bond donors (Lipinski definition) is 1. The lowest BCUT2D eigenvalue weighted by Crippen LogP contribution is -2.12. The molecule has 0 radical (unpaired) electrons. The van der Waals surface area contributed by atoms with Crippen LogP contribution in [-0.2, 0) is 0 Å². The third-order valence-electron chi connectivity index (χ3n) is 4.74.